The Morgan fingerprint density at radius 2 is 2.00 bits per heavy atom. The zero-order chi connectivity index (χ0) is 14.8. The van der Waals surface area contributed by atoms with Crippen LogP contribution in [-0.4, -0.2) is 26.8 Å². The van der Waals surface area contributed by atoms with Crippen molar-refractivity contribution in [2.24, 2.45) is 0 Å². The number of halogens is 1. The van der Waals surface area contributed by atoms with E-state index < -0.39 is 11.5 Å². The van der Waals surface area contributed by atoms with E-state index in [-0.39, 0.29) is 6.54 Å². The van der Waals surface area contributed by atoms with E-state index in [1.165, 1.54) is 0 Å². The molecule has 0 aliphatic carbocycles. The maximum Gasteiger partial charge on any atom is 0.323 e. The smallest absolute Gasteiger partial charge is 0.323 e. The standard InChI is InChI=1S/C13H14BrN3O3/c1-13(2,12(18)19)15-7-10-16-17-11(20-10)8-3-5-9(14)6-4-8/h3-6,15H,7H2,1-2H3,(H,18,19). The van der Waals surface area contributed by atoms with E-state index in [1.54, 1.807) is 13.8 Å². The van der Waals surface area contributed by atoms with Crippen LogP contribution in [0.3, 0.4) is 0 Å². The lowest BCUT2D eigenvalue weighted by Gasteiger charge is -2.19. The summed E-state index contributed by atoms with van der Waals surface area (Å²) in [6.07, 6.45) is 0. The number of carboxylic acids is 1. The molecule has 0 aliphatic heterocycles. The Hall–Kier alpha value is -1.73. The van der Waals surface area contributed by atoms with Crippen LogP contribution in [0.1, 0.15) is 19.7 Å². The highest BCUT2D eigenvalue weighted by molar-refractivity contribution is 9.10. The number of nitrogens with one attached hydrogen (secondary N) is 1. The molecule has 20 heavy (non-hydrogen) atoms. The molecule has 0 spiro atoms. The van der Waals surface area contributed by atoms with Crippen LogP contribution in [0.15, 0.2) is 33.2 Å². The van der Waals surface area contributed by atoms with E-state index in [1.807, 2.05) is 24.3 Å². The molecule has 6 nitrogen and oxygen atoms in total. The van der Waals surface area contributed by atoms with E-state index in [0.29, 0.717) is 11.8 Å². The molecule has 0 bridgehead atoms. The van der Waals surface area contributed by atoms with Gasteiger partial charge >= 0.3 is 5.97 Å². The number of aliphatic carboxylic acids is 1. The van der Waals surface area contributed by atoms with E-state index >= 15 is 0 Å². The third-order valence-electron chi connectivity index (χ3n) is 2.77. The normalized spacial score (nSPS) is 11.6. The molecule has 0 unspecified atom stereocenters. The molecule has 106 valence electrons. The van der Waals surface area contributed by atoms with Crippen LogP contribution in [0.4, 0.5) is 0 Å². The van der Waals surface area contributed by atoms with Crippen molar-refractivity contribution in [1.82, 2.24) is 15.5 Å². The maximum atomic E-state index is 11.0. The number of carboxylic acid groups (broad SMARTS) is 1. The zero-order valence-corrected chi connectivity index (χ0v) is 12.6. The van der Waals surface area contributed by atoms with Crippen molar-refractivity contribution in [3.63, 3.8) is 0 Å². The molecule has 1 aromatic heterocycles. The lowest BCUT2D eigenvalue weighted by Crippen LogP contribution is -2.46. The van der Waals surface area contributed by atoms with Gasteiger partial charge in [0.15, 0.2) is 0 Å². The molecule has 1 aromatic carbocycles. The third kappa shape index (κ3) is 3.43. The van der Waals surface area contributed by atoms with E-state index in [0.717, 1.165) is 10.0 Å². The molecule has 1 heterocycles. The average Bonchev–Trinajstić information content (AvgIpc) is 2.86. The highest BCUT2D eigenvalue weighted by atomic mass is 79.9. The highest BCUT2D eigenvalue weighted by Gasteiger charge is 2.26. The molecule has 0 aliphatic rings. The molecule has 2 N–H and O–H groups in total. The van der Waals surface area contributed by atoms with Crippen molar-refractivity contribution in [1.29, 1.82) is 0 Å². The first kappa shape index (κ1) is 14.7. The van der Waals surface area contributed by atoms with Crippen molar-refractivity contribution < 1.29 is 14.3 Å². The first-order chi connectivity index (χ1) is 9.38. The largest absolute Gasteiger partial charge is 0.480 e. The van der Waals surface area contributed by atoms with Gasteiger partial charge in [0.2, 0.25) is 11.8 Å². The maximum absolute atomic E-state index is 11.0. The van der Waals surface area contributed by atoms with Crippen molar-refractivity contribution >= 4 is 21.9 Å². The number of aromatic nitrogens is 2. The van der Waals surface area contributed by atoms with Gasteiger partial charge in [-0.2, -0.15) is 0 Å². The van der Waals surface area contributed by atoms with Crippen LogP contribution in [0.25, 0.3) is 11.5 Å². The van der Waals surface area contributed by atoms with Gasteiger partial charge in [-0.3, -0.25) is 10.1 Å². The molecule has 0 fully saturated rings. The van der Waals surface area contributed by atoms with Crippen LogP contribution >= 0.6 is 15.9 Å². The first-order valence-corrected chi connectivity index (χ1v) is 6.74. The van der Waals surface area contributed by atoms with Gasteiger partial charge in [-0.1, -0.05) is 15.9 Å². The summed E-state index contributed by atoms with van der Waals surface area (Å²) in [7, 11) is 0. The minimum atomic E-state index is -1.05. The second kappa shape index (κ2) is 5.72. The summed E-state index contributed by atoms with van der Waals surface area (Å²) in [5.41, 5.74) is -0.240. The van der Waals surface area contributed by atoms with E-state index in [2.05, 4.69) is 31.4 Å². The fourth-order valence-corrected chi connectivity index (χ4v) is 1.67. The second-order valence-electron chi connectivity index (χ2n) is 4.79. The summed E-state index contributed by atoms with van der Waals surface area (Å²) >= 11 is 3.35. The number of benzene rings is 1. The molecule has 0 atom stereocenters. The molecular weight excluding hydrogens is 326 g/mol. The molecular formula is C13H14BrN3O3. The summed E-state index contributed by atoms with van der Waals surface area (Å²) in [5.74, 6) is -0.190. The Bertz CT molecular complexity index is 608. The Labute approximate surface area is 124 Å². The van der Waals surface area contributed by atoms with Crippen LogP contribution in [0.2, 0.25) is 0 Å². The number of carbonyl (C=O) groups is 1. The Kier molecular flexibility index (Phi) is 4.20. The third-order valence-corrected chi connectivity index (χ3v) is 3.30. The predicted molar refractivity (Wildman–Crippen MR) is 76.0 cm³/mol. The van der Waals surface area contributed by atoms with Gasteiger partial charge in [0, 0.05) is 10.0 Å². The van der Waals surface area contributed by atoms with Crippen molar-refractivity contribution in [2.45, 2.75) is 25.9 Å². The van der Waals surface area contributed by atoms with Crippen molar-refractivity contribution in [2.75, 3.05) is 0 Å². The molecule has 0 radical (unpaired) electrons. The van der Waals surface area contributed by atoms with Crippen LogP contribution in [0.5, 0.6) is 0 Å². The van der Waals surface area contributed by atoms with Crippen LogP contribution in [0, 0.1) is 0 Å². The average molecular weight is 340 g/mol. The van der Waals surface area contributed by atoms with Crippen molar-refractivity contribution in [3.05, 3.63) is 34.6 Å². The van der Waals surface area contributed by atoms with Gasteiger partial charge in [0.25, 0.3) is 0 Å². The lowest BCUT2D eigenvalue weighted by atomic mass is 10.1. The molecule has 0 saturated heterocycles. The Morgan fingerprint density at radius 1 is 1.35 bits per heavy atom. The fourth-order valence-electron chi connectivity index (χ4n) is 1.41. The minimum absolute atomic E-state index is 0.197. The van der Waals surface area contributed by atoms with Gasteiger partial charge in [-0.25, -0.2) is 0 Å². The zero-order valence-electron chi connectivity index (χ0n) is 11.1. The lowest BCUT2D eigenvalue weighted by molar-refractivity contribution is -0.143. The second-order valence-corrected chi connectivity index (χ2v) is 5.71. The van der Waals surface area contributed by atoms with Crippen molar-refractivity contribution in [3.8, 4) is 11.5 Å². The number of nitrogens with zero attached hydrogens (tertiary/aromatic N) is 2. The summed E-state index contributed by atoms with van der Waals surface area (Å²) in [4.78, 5) is 11.0. The van der Waals surface area contributed by atoms with E-state index in [9.17, 15) is 4.79 Å². The molecule has 2 rings (SSSR count). The molecule has 2 aromatic rings. The Balaban J connectivity index is 2.06. The predicted octanol–water partition coefficient (Wildman–Crippen LogP) is 2.45. The van der Waals surface area contributed by atoms with Gasteiger partial charge in [-0.05, 0) is 38.1 Å². The summed E-state index contributed by atoms with van der Waals surface area (Å²) < 4.78 is 6.46. The van der Waals surface area contributed by atoms with Crippen LogP contribution < -0.4 is 5.32 Å². The monoisotopic (exact) mass is 339 g/mol. The fraction of sp³-hybridized carbons (Fsp3) is 0.308. The quantitative estimate of drug-likeness (QED) is 0.869. The highest BCUT2D eigenvalue weighted by Crippen LogP contribution is 2.20. The van der Waals surface area contributed by atoms with Crippen LogP contribution in [-0.2, 0) is 11.3 Å². The van der Waals surface area contributed by atoms with E-state index in [4.69, 9.17) is 9.52 Å². The Morgan fingerprint density at radius 3 is 2.60 bits per heavy atom. The molecule has 7 heteroatoms. The summed E-state index contributed by atoms with van der Waals surface area (Å²) in [5, 5.41) is 19.7. The number of hydrogen-bond acceptors (Lipinski definition) is 5. The summed E-state index contributed by atoms with van der Waals surface area (Å²) in [6, 6.07) is 7.47. The topological polar surface area (TPSA) is 88.3 Å². The van der Waals surface area contributed by atoms with Gasteiger partial charge in [0.05, 0.1) is 6.54 Å². The SMILES string of the molecule is CC(C)(NCc1nnc(-c2ccc(Br)cc2)o1)C(=O)O. The molecule has 0 amide bonds. The molecule has 0 saturated carbocycles. The van der Waals surface area contributed by atoms with Gasteiger partial charge in [0.1, 0.15) is 5.54 Å². The minimum Gasteiger partial charge on any atom is -0.480 e. The first-order valence-electron chi connectivity index (χ1n) is 5.95. The summed E-state index contributed by atoms with van der Waals surface area (Å²) in [6.45, 7) is 3.34. The van der Waals surface area contributed by atoms with Gasteiger partial charge in [-0.15, -0.1) is 10.2 Å². The number of rotatable bonds is 5. The van der Waals surface area contributed by atoms with Gasteiger partial charge < -0.3 is 9.52 Å². The number of hydrogen-bond donors (Lipinski definition) is 2.